The molecule has 0 aromatic heterocycles. The number of rotatable bonds is 5. The van der Waals surface area contributed by atoms with Gasteiger partial charge in [0.15, 0.2) is 0 Å². The van der Waals surface area contributed by atoms with E-state index in [2.05, 4.69) is 29.3 Å². The number of hydrogen-bond acceptors (Lipinski definition) is 3. The number of hydrogen-bond donors (Lipinski definition) is 2. The first kappa shape index (κ1) is 13.7. The van der Waals surface area contributed by atoms with Crippen LogP contribution in [0, 0.1) is 0 Å². The Bertz CT molecular complexity index is 208. The first-order valence-corrected chi connectivity index (χ1v) is 8.41. The minimum Gasteiger partial charge on any atom is -0.317 e. The fourth-order valence-electron chi connectivity index (χ4n) is 3.05. The molecule has 2 aliphatic rings. The van der Waals surface area contributed by atoms with Crippen molar-refractivity contribution >= 4 is 11.8 Å². The highest BCUT2D eigenvalue weighted by Gasteiger charge is 2.25. The Balaban J connectivity index is 1.55. The average Bonchev–Trinajstić information content (AvgIpc) is 2.37. The van der Waals surface area contributed by atoms with Gasteiger partial charge in [-0.25, -0.2) is 0 Å². The van der Waals surface area contributed by atoms with Gasteiger partial charge in [0.1, 0.15) is 0 Å². The first-order chi connectivity index (χ1) is 8.29. The molecule has 2 nitrogen and oxygen atoms in total. The van der Waals surface area contributed by atoms with Gasteiger partial charge in [-0.3, -0.25) is 0 Å². The highest BCUT2D eigenvalue weighted by Crippen LogP contribution is 2.27. The Labute approximate surface area is 111 Å². The molecule has 0 spiro atoms. The molecule has 2 N–H and O–H groups in total. The molecule has 17 heavy (non-hydrogen) atoms. The molecule has 1 aliphatic carbocycles. The summed E-state index contributed by atoms with van der Waals surface area (Å²) in [4.78, 5) is 0. The van der Waals surface area contributed by atoms with Gasteiger partial charge in [0.2, 0.25) is 0 Å². The van der Waals surface area contributed by atoms with Crippen molar-refractivity contribution in [2.45, 2.75) is 62.7 Å². The standard InChI is InChI=1S/C14H28N2S/c1-14(7-3-2-4-8-14)16-11-12-17-13-5-9-15-10-6-13/h13,15-16H,2-12H2,1H3. The van der Waals surface area contributed by atoms with Crippen LogP contribution in [-0.2, 0) is 0 Å². The molecular formula is C14H28N2S. The topological polar surface area (TPSA) is 24.1 Å². The van der Waals surface area contributed by atoms with Crippen LogP contribution in [-0.4, -0.2) is 36.2 Å². The SMILES string of the molecule is CC1(NCCSC2CCNCC2)CCCCC1. The molecule has 0 bridgehead atoms. The lowest BCUT2D eigenvalue weighted by molar-refractivity contribution is 0.260. The summed E-state index contributed by atoms with van der Waals surface area (Å²) in [5.41, 5.74) is 0.451. The largest absolute Gasteiger partial charge is 0.317 e. The maximum atomic E-state index is 3.80. The molecule has 0 aromatic carbocycles. The van der Waals surface area contributed by atoms with Crippen molar-refractivity contribution in [3.05, 3.63) is 0 Å². The minimum atomic E-state index is 0.451. The van der Waals surface area contributed by atoms with Gasteiger partial charge >= 0.3 is 0 Å². The van der Waals surface area contributed by atoms with E-state index in [-0.39, 0.29) is 0 Å². The monoisotopic (exact) mass is 256 g/mol. The predicted octanol–water partition coefficient (Wildman–Crippen LogP) is 2.78. The lowest BCUT2D eigenvalue weighted by Gasteiger charge is -2.35. The van der Waals surface area contributed by atoms with Crippen LogP contribution >= 0.6 is 11.8 Å². The zero-order valence-electron chi connectivity index (χ0n) is 11.3. The second-order valence-corrected chi connectivity index (χ2v) is 7.28. The summed E-state index contributed by atoms with van der Waals surface area (Å²) in [5.74, 6) is 1.29. The number of thioether (sulfide) groups is 1. The van der Waals surface area contributed by atoms with Crippen molar-refractivity contribution < 1.29 is 0 Å². The van der Waals surface area contributed by atoms with E-state index in [1.807, 2.05) is 0 Å². The molecule has 1 saturated carbocycles. The third kappa shape index (κ3) is 4.80. The molecule has 1 heterocycles. The summed E-state index contributed by atoms with van der Waals surface area (Å²) in [6, 6.07) is 0. The van der Waals surface area contributed by atoms with Gasteiger partial charge in [-0.15, -0.1) is 0 Å². The van der Waals surface area contributed by atoms with Crippen molar-refractivity contribution in [3.63, 3.8) is 0 Å². The number of piperidine rings is 1. The zero-order chi connectivity index (χ0) is 12.0. The van der Waals surface area contributed by atoms with Gasteiger partial charge < -0.3 is 10.6 Å². The van der Waals surface area contributed by atoms with Crippen LogP contribution in [0.4, 0.5) is 0 Å². The van der Waals surface area contributed by atoms with Gasteiger partial charge in [-0.2, -0.15) is 11.8 Å². The van der Waals surface area contributed by atoms with Crippen molar-refractivity contribution in [3.8, 4) is 0 Å². The highest BCUT2D eigenvalue weighted by atomic mass is 32.2. The summed E-state index contributed by atoms with van der Waals surface area (Å²) >= 11 is 2.18. The second kappa shape index (κ2) is 7.01. The molecule has 1 aliphatic heterocycles. The molecule has 0 atom stereocenters. The van der Waals surface area contributed by atoms with E-state index in [4.69, 9.17) is 0 Å². The molecule has 0 radical (unpaired) electrons. The summed E-state index contributed by atoms with van der Waals surface area (Å²) in [5, 5.41) is 8.15. The fraction of sp³-hybridized carbons (Fsp3) is 1.00. The van der Waals surface area contributed by atoms with Gasteiger partial charge in [0, 0.05) is 23.1 Å². The van der Waals surface area contributed by atoms with Crippen LogP contribution in [0.2, 0.25) is 0 Å². The quantitative estimate of drug-likeness (QED) is 0.740. The van der Waals surface area contributed by atoms with Gasteiger partial charge in [-0.05, 0) is 45.7 Å². The van der Waals surface area contributed by atoms with Crippen LogP contribution in [0.25, 0.3) is 0 Å². The van der Waals surface area contributed by atoms with Crippen LogP contribution < -0.4 is 10.6 Å². The maximum Gasteiger partial charge on any atom is 0.0153 e. The molecule has 0 aromatic rings. The molecule has 3 heteroatoms. The van der Waals surface area contributed by atoms with Crippen LogP contribution in [0.3, 0.4) is 0 Å². The number of nitrogens with one attached hydrogen (secondary N) is 2. The Morgan fingerprint density at radius 1 is 1.18 bits per heavy atom. The maximum absolute atomic E-state index is 3.80. The lowest BCUT2D eigenvalue weighted by Crippen LogP contribution is -2.45. The highest BCUT2D eigenvalue weighted by molar-refractivity contribution is 7.99. The smallest absolute Gasteiger partial charge is 0.0153 e. The Morgan fingerprint density at radius 2 is 1.88 bits per heavy atom. The molecule has 0 amide bonds. The van der Waals surface area contributed by atoms with E-state index in [1.54, 1.807) is 0 Å². The summed E-state index contributed by atoms with van der Waals surface area (Å²) in [7, 11) is 0. The van der Waals surface area contributed by atoms with E-state index in [1.165, 1.54) is 70.3 Å². The molecule has 100 valence electrons. The molecule has 1 saturated heterocycles. The molecule has 2 fully saturated rings. The Hall–Kier alpha value is 0.270. The molecular weight excluding hydrogens is 228 g/mol. The van der Waals surface area contributed by atoms with Crippen molar-refractivity contribution in [2.75, 3.05) is 25.4 Å². The third-order valence-corrected chi connectivity index (χ3v) is 5.63. The average molecular weight is 256 g/mol. The van der Waals surface area contributed by atoms with Crippen LogP contribution in [0.15, 0.2) is 0 Å². The molecule has 2 rings (SSSR count). The van der Waals surface area contributed by atoms with E-state index in [0.717, 1.165) is 5.25 Å². The Morgan fingerprint density at radius 3 is 2.59 bits per heavy atom. The lowest BCUT2D eigenvalue weighted by atomic mass is 9.83. The minimum absolute atomic E-state index is 0.451. The van der Waals surface area contributed by atoms with E-state index in [0.29, 0.717) is 5.54 Å². The summed E-state index contributed by atoms with van der Waals surface area (Å²) in [6.45, 7) is 6.07. The summed E-state index contributed by atoms with van der Waals surface area (Å²) in [6.07, 6.45) is 9.77. The van der Waals surface area contributed by atoms with Crippen LogP contribution in [0.1, 0.15) is 51.9 Å². The van der Waals surface area contributed by atoms with E-state index >= 15 is 0 Å². The first-order valence-electron chi connectivity index (χ1n) is 7.36. The fourth-order valence-corrected chi connectivity index (χ4v) is 4.17. The van der Waals surface area contributed by atoms with Crippen molar-refractivity contribution in [2.24, 2.45) is 0 Å². The van der Waals surface area contributed by atoms with E-state index < -0.39 is 0 Å². The third-order valence-electron chi connectivity index (χ3n) is 4.25. The summed E-state index contributed by atoms with van der Waals surface area (Å²) < 4.78 is 0. The zero-order valence-corrected chi connectivity index (χ0v) is 12.1. The van der Waals surface area contributed by atoms with Crippen LogP contribution in [0.5, 0.6) is 0 Å². The van der Waals surface area contributed by atoms with Crippen molar-refractivity contribution in [1.82, 2.24) is 10.6 Å². The second-order valence-electron chi connectivity index (χ2n) is 5.87. The van der Waals surface area contributed by atoms with Gasteiger partial charge in [0.05, 0.1) is 0 Å². The van der Waals surface area contributed by atoms with Gasteiger partial charge in [0.25, 0.3) is 0 Å². The van der Waals surface area contributed by atoms with E-state index in [9.17, 15) is 0 Å². The van der Waals surface area contributed by atoms with Crippen molar-refractivity contribution in [1.29, 1.82) is 0 Å². The normalized spacial score (nSPS) is 25.9. The molecule has 0 unspecified atom stereocenters. The van der Waals surface area contributed by atoms with Gasteiger partial charge in [-0.1, -0.05) is 19.3 Å². The Kier molecular flexibility index (Phi) is 5.64. The predicted molar refractivity (Wildman–Crippen MR) is 77.8 cm³/mol.